The van der Waals surface area contributed by atoms with Gasteiger partial charge in [-0.15, -0.1) is 0 Å². The largest absolute Gasteiger partial charge is 0.461 e. The zero-order chi connectivity index (χ0) is 13.0. The van der Waals surface area contributed by atoms with Gasteiger partial charge >= 0.3 is 5.97 Å². The van der Waals surface area contributed by atoms with Crippen molar-refractivity contribution in [3.8, 4) is 0 Å². The van der Waals surface area contributed by atoms with Crippen LogP contribution in [0, 0.1) is 5.92 Å². The van der Waals surface area contributed by atoms with Crippen molar-refractivity contribution in [2.75, 3.05) is 0 Å². The van der Waals surface area contributed by atoms with E-state index < -0.39 is 6.04 Å². The number of nitrogens with two attached hydrogens (primary N) is 1. The Morgan fingerprint density at radius 2 is 2.39 bits per heavy atom. The molecule has 5 nitrogen and oxygen atoms in total. The van der Waals surface area contributed by atoms with Crippen LogP contribution < -0.4 is 5.73 Å². The number of hydrogen-bond donors (Lipinski definition) is 2. The second-order valence-electron chi connectivity index (χ2n) is 5.12. The maximum Gasteiger partial charge on any atom is 0.323 e. The van der Waals surface area contributed by atoms with Gasteiger partial charge in [-0.05, 0) is 25.2 Å². The monoisotopic (exact) mass is 251 g/mol. The summed E-state index contributed by atoms with van der Waals surface area (Å²) in [5.41, 5.74) is 6.71. The predicted molar refractivity (Wildman–Crippen MR) is 67.8 cm³/mol. The first-order chi connectivity index (χ1) is 8.66. The van der Waals surface area contributed by atoms with Crippen LogP contribution >= 0.6 is 0 Å². The van der Waals surface area contributed by atoms with Crippen LogP contribution in [-0.2, 0) is 16.0 Å². The van der Waals surface area contributed by atoms with Gasteiger partial charge in [0.1, 0.15) is 12.1 Å². The van der Waals surface area contributed by atoms with Crippen molar-refractivity contribution in [3.63, 3.8) is 0 Å². The average molecular weight is 251 g/mol. The lowest BCUT2D eigenvalue weighted by molar-refractivity contribution is -0.154. The Morgan fingerprint density at radius 3 is 3.06 bits per heavy atom. The van der Waals surface area contributed by atoms with Gasteiger partial charge in [-0.3, -0.25) is 4.79 Å². The molecule has 1 aromatic heterocycles. The van der Waals surface area contributed by atoms with Gasteiger partial charge in [0.05, 0.1) is 6.33 Å². The van der Waals surface area contributed by atoms with E-state index in [1.54, 1.807) is 12.5 Å². The smallest absolute Gasteiger partial charge is 0.323 e. The van der Waals surface area contributed by atoms with Crippen LogP contribution in [0.3, 0.4) is 0 Å². The van der Waals surface area contributed by atoms with Gasteiger partial charge in [-0.25, -0.2) is 4.98 Å². The fraction of sp³-hybridized carbons (Fsp3) is 0.692. The molecular formula is C13H21N3O2. The number of rotatable bonds is 4. The Balaban J connectivity index is 1.83. The molecule has 3 atom stereocenters. The zero-order valence-corrected chi connectivity index (χ0v) is 10.8. The van der Waals surface area contributed by atoms with E-state index in [-0.39, 0.29) is 12.1 Å². The van der Waals surface area contributed by atoms with Gasteiger partial charge in [-0.2, -0.15) is 0 Å². The predicted octanol–water partition coefficient (Wildman–Crippen LogP) is 1.40. The lowest BCUT2D eigenvalue weighted by atomic mass is 9.88. The van der Waals surface area contributed by atoms with Crippen LogP contribution in [0.2, 0.25) is 0 Å². The minimum Gasteiger partial charge on any atom is -0.461 e. The summed E-state index contributed by atoms with van der Waals surface area (Å²) in [5.74, 6) is 0.144. The van der Waals surface area contributed by atoms with Crippen molar-refractivity contribution in [2.45, 2.75) is 51.2 Å². The lowest BCUT2D eigenvalue weighted by Gasteiger charge is -2.29. The molecule has 1 aromatic rings. The minimum atomic E-state index is -0.612. The lowest BCUT2D eigenvalue weighted by Crippen LogP contribution is -2.39. The fourth-order valence-electron chi connectivity index (χ4n) is 2.41. The second-order valence-corrected chi connectivity index (χ2v) is 5.12. The summed E-state index contributed by atoms with van der Waals surface area (Å²) < 4.78 is 5.52. The first-order valence-electron chi connectivity index (χ1n) is 6.60. The molecule has 0 spiro atoms. The number of nitrogens with one attached hydrogen (secondary N) is 1. The highest BCUT2D eigenvalue weighted by molar-refractivity contribution is 5.76. The third kappa shape index (κ3) is 3.32. The molecule has 0 aliphatic heterocycles. The van der Waals surface area contributed by atoms with Crippen LogP contribution in [0.5, 0.6) is 0 Å². The number of aromatic amines is 1. The average Bonchev–Trinajstić information content (AvgIpc) is 2.84. The molecule has 2 rings (SSSR count). The number of H-pyrrole nitrogens is 1. The van der Waals surface area contributed by atoms with E-state index in [1.807, 2.05) is 0 Å². The van der Waals surface area contributed by atoms with Crippen molar-refractivity contribution < 1.29 is 9.53 Å². The molecule has 1 fully saturated rings. The Bertz CT molecular complexity index is 378. The number of imidazole rings is 1. The first-order valence-corrected chi connectivity index (χ1v) is 6.60. The minimum absolute atomic E-state index is 0.0408. The number of nitrogens with zero attached hydrogens (tertiary/aromatic N) is 1. The molecule has 1 saturated carbocycles. The summed E-state index contributed by atoms with van der Waals surface area (Å²) in [5, 5.41) is 0. The number of ether oxygens (including phenoxy) is 1. The van der Waals surface area contributed by atoms with E-state index >= 15 is 0 Å². The molecule has 1 aliphatic carbocycles. The summed E-state index contributed by atoms with van der Waals surface area (Å²) in [6, 6.07) is -0.612. The molecule has 0 amide bonds. The molecule has 1 aliphatic rings. The van der Waals surface area contributed by atoms with Crippen LogP contribution in [0.4, 0.5) is 0 Å². The number of esters is 1. The van der Waals surface area contributed by atoms with E-state index in [1.165, 1.54) is 6.42 Å². The van der Waals surface area contributed by atoms with Crippen LogP contribution in [0.1, 0.15) is 38.3 Å². The SMILES string of the molecule is CC1CCCCC1OC(=O)[C@H](N)Cc1cnc[nH]1. The van der Waals surface area contributed by atoms with Crippen molar-refractivity contribution in [2.24, 2.45) is 11.7 Å². The number of aromatic nitrogens is 2. The fourth-order valence-corrected chi connectivity index (χ4v) is 2.41. The second kappa shape index (κ2) is 6.00. The highest BCUT2D eigenvalue weighted by Crippen LogP contribution is 2.26. The normalized spacial score (nSPS) is 25.7. The van der Waals surface area contributed by atoms with Gasteiger partial charge in [0.2, 0.25) is 0 Å². The van der Waals surface area contributed by atoms with E-state index in [0.29, 0.717) is 12.3 Å². The zero-order valence-electron chi connectivity index (χ0n) is 10.8. The number of carbonyl (C=O) groups excluding carboxylic acids is 1. The molecule has 5 heteroatoms. The summed E-state index contributed by atoms with van der Waals surface area (Å²) in [6.45, 7) is 2.14. The molecule has 0 bridgehead atoms. The summed E-state index contributed by atoms with van der Waals surface area (Å²) in [7, 11) is 0. The van der Waals surface area contributed by atoms with Crippen LogP contribution in [-0.4, -0.2) is 28.1 Å². The van der Waals surface area contributed by atoms with Gasteiger partial charge in [0.25, 0.3) is 0 Å². The quantitative estimate of drug-likeness (QED) is 0.793. The van der Waals surface area contributed by atoms with E-state index in [9.17, 15) is 4.79 Å². The van der Waals surface area contributed by atoms with E-state index in [4.69, 9.17) is 10.5 Å². The summed E-state index contributed by atoms with van der Waals surface area (Å²) >= 11 is 0. The Kier molecular flexibility index (Phi) is 4.36. The molecule has 0 saturated heterocycles. The van der Waals surface area contributed by atoms with Crippen LogP contribution in [0.15, 0.2) is 12.5 Å². The number of hydrogen-bond acceptors (Lipinski definition) is 4. The molecule has 0 aromatic carbocycles. The van der Waals surface area contributed by atoms with E-state index in [0.717, 1.165) is 25.0 Å². The first kappa shape index (κ1) is 13.1. The summed E-state index contributed by atoms with van der Waals surface area (Å²) in [6.07, 6.45) is 8.21. The maximum atomic E-state index is 11.9. The molecule has 2 unspecified atom stereocenters. The van der Waals surface area contributed by atoms with Gasteiger partial charge in [0.15, 0.2) is 0 Å². The van der Waals surface area contributed by atoms with E-state index in [2.05, 4.69) is 16.9 Å². The Labute approximate surface area is 107 Å². The Morgan fingerprint density at radius 1 is 1.61 bits per heavy atom. The van der Waals surface area contributed by atoms with Gasteiger partial charge in [-0.1, -0.05) is 13.3 Å². The van der Waals surface area contributed by atoms with Crippen molar-refractivity contribution in [1.29, 1.82) is 0 Å². The highest BCUT2D eigenvalue weighted by atomic mass is 16.5. The standard InChI is InChI=1S/C13H21N3O2/c1-9-4-2-3-5-12(9)18-13(17)11(14)6-10-7-15-8-16-10/h7-9,11-12H,2-6,14H2,1H3,(H,15,16)/t9?,11-,12?/m1/s1. The number of carbonyl (C=O) groups is 1. The molecule has 3 N–H and O–H groups in total. The van der Waals surface area contributed by atoms with Crippen molar-refractivity contribution in [1.82, 2.24) is 9.97 Å². The van der Waals surface area contributed by atoms with Gasteiger partial charge < -0.3 is 15.5 Å². The third-order valence-electron chi connectivity index (χ3n) is 3.60. The molecule has 0 radical (unpaired) electrons. The van der Waals surface area contributed by atoms with Crippen molar-refractivity contribution in [3.05, 3.63) is 18.2 Å². The third-order valence-corrected chi connectivity index (χ3v) is 3.60. The molecular weight excluding hydrogens is 230 g/mol. The highest BCUT2D eigenvalue weighted by Gasteiger charge is 2.27. The molecule has 100 valence electrons. The van der Waals surface area contributed by atoms with Crippen LogP contribution in [0.25, 0.3) is 0 Å². The topological polar surface area (TPSA) is 81.0 Å². The molecule has 1 heterocycles. The van der Waals surface area contributed by atoms with Crippen molar-refractivity contribution >= 4 is 5.97 Å². The van der Waals surface area contributed by atoms with Gasteiger partial charge in [0, 0.05) is 18.3 Å². The Hall–Kier alpha value is -1.36. The maximum absolute atomic E-state index is 11.9. The summed E-state index contributed by atoms with van der Waals surface area (Å²) in [4.78, 5) is 18.7. The molecule has 18 heavy (non-hydrogen) atoms.